The Balaban J connectivity index is 1.89. The third-order valence-electron chi connectivity index (χ3n) is 3.27. The molecule has 8 heteroatoms. The van der Waals surface area contributed by atoms with Crippen LogP contribution in [0.2, 0.25) is 5.02 Å². The van der Waals surface area contributed by atoms with Gasteiger partial charge in [0.05, 0.1) is 6.54 Å². The molecule has 0 heterocycles. The molecule has 0 aromatic heterocycles. The molecule has 0 aliphatic rings. The van der Waals surface area contributed by atoms with Gasteiger partial charge in [-0.15, -0.1) is 0 Å². The molecule has 0 bridgehead atoms. The number of thioether (sulfide) groups is 1. The molecule has 0 fully saturated rings. The molecular weight excluding hydrogens is 373 g/mol. The normalized spacial score (nSPS) is 11.2. The Bertz CT molecular complexity index is 708. The highest BCUT2D eigenvalue weighted by Crippen LogP contribution is 2.26. The van der Waals surface area contributed by atoms with Gasteiger partial charge < -0.3 is 5.32 Å². The lowest BCUT2D eigenvalue weighted by atomic mass is 10.2. The van der Waals surface area contributed by atoms with Crippen molar-refractivity contribution in [2.24, 2.45) is 0 Å². The number of carbonyl (C=O) groups excluding carboxylic acids is 1. The summed E-state index contributed by atoms with van der Waals surface area (Å²) in [5.41, 5.74) is 0.828. The van der Waals surface area contributed by atoms with E-state index in [1.807, 2.05) is 0 Å². The average Bonchev–Trinajstić information content (AvgIpc) is 2.52. The second-order valence-electron chi connectivity index (χ2n) is 5.32. The molecule has 134 valence electrons. The maximum absolute atomic E-state index is 13.8. The van der Waals surface area contributed by atoms with Crippen LogP contribution in [0, 0.1) is 5.82 Å². The van der Waals surface area contributed by atoms with E-state index >= 15 is 0 Å². The summed E-state index contributed by atoms with van der Waals surface area (Å²) in [6.07, 6.45) is 0. The Morgan fingerprint density at radius 2 is 1.92 bits per heavy atom. The number of amides is 1. The average molecular weight is 389 g/mol. The van der Waals surface area contributed by atoms with E-state index < -0.39 is 11.6 Å². The molecule has 0 saturated carbocycles. The van der Waals surface area contributed by atoms with Gasteiger partial charge in [-0.25, -0.2) is 4.39 Å². The van der Waals surface area contributed by atoms with Gasteiger partial charge in [0.15, 0.2) is 0 Å². The van der Waals surface area contributed by atoms with Crippen molar-refractivity contribution in [3.63, 3.8) is 0 Å². The van der Waals surface area contributed by atoms with Gasteiger partial charge in [-0.05, 0) is 43.4 Å². The zero-order chi connectivity index (χ0) is 18.4. The van der Waals surface area contributed by atoms with Crippen LogP contribution in [-0.4, -0.2) is 30.2 Å². The molecule has 2 rings (SSSR count). The number of anilines is 1. The van der Waals surface area contributed by atoms with Gasteiger partial charge >= 0.3 is 0 Å². The van der Waals surface area contributed by atoms with Crippen LogP contribution in [0.3, 0.4) is 0 Å². The number of rotatable bonds is 7. The molecule has 2 aromatic carbocycles. The van der Waals surface area contributed by atoms with E-state index in [0.29, 0.717) is 32.9 Å². The summed E-state index contributed by atoms with van der Waals surface area (Å²) < 4.78 is 38.3. The highest BCUT2D eigenvalue weighted by Gasteiger charge is 2.13. The second-order valence-corrected chi connectivity index (χ2v) is 6.79. The predicted molar refractivity (Wildman–Crippen MR) is 94.7 cm³/mol. The first-order chi connectivity index (χ1) is 11.8. The van der Waals surface area contributed by atoms with Crippen molar-refractivity contribution < 1.29 is 18.0 Å². The van der Waals surface area contributed by atoms with E-state index in [1.165, 1.54) is 24.3 Å². The number of nitrogens with zero attached hydrogens (tertiary/aromatic N) is 1. The van der Waals surface area contributed by atoms with Crippen molar-refractivity contribution >= 4 is 35.0 Å². The van der Waals surface area contributed by atoms with Crippen LogP contribution in [0.25, 0.3) is 0 Å². The first-order valence-corrected chi connectivity index (χ1v) is 8.57. The van der Waals surface area contributed by atoms with Gasteiger partial charge in [-0.2, -0.15) is 8.78 Å². The summed E-state index contributed by atoms with van der Waals surface area (Å²) in [5.74, 6) is -3.21. The van der Waals surface area contributed by atoms with Crippen molar-refractivity contribution in [2.45, 2.75) is 17.2 Å². The summed E-state index contributed by atoms with van der Waals surface area (Å²) >= 11 is 6.41. The topological polar surface area (TPSA) is 32.3 Å². The van der Waals surface area contributed by atoms with E-state index in [1.54, 1.807) is 30.1 Å². The molecular formula is C17H16ClF3N2OS. The van der Waals surface area contributed by atoms with Crippen molar-refractivity contribution in [2.75, 3.05) is 18.9 Å². The lowest BCUT2D eigenvalue weighted by molar-refractivity contribution is -0.117. The Labute approximate surface area is 153 Å². The Morgan fingerprint density at radius 1 is 1.24 bits per heavy atom. The minimum Gasteiger partial charge on any atom is -0.325 e. The minimum absolute atomic E-state index is 0.0260. The first kappa shape index (κ1) is 19.6. The van der Waals surface area contributed by atoms with E-state index in [4.69, 9.17) is 11.6 Å². The Hall–Kier alpha value is -1.70. The summed E-state index contributed by atoms with van der Waals surface area (Å²) in [6, 6.07) is 10.5. The van der Waals surface area contributed by atoms with Gasteiger partial charge in [-0.3, -0.25) is 9.69 Å². The van der Waals surface area contributed by atoms with Gasteiger partial charge in [0.1, 0.15) is 5.82 Å². The molecule has 0 spiro atoms. The standard InChI is InChI=1S/C17H16ClF3N2OS/c1-23(9-13-14(18)3-2-4-15(13)19)10-16(24)22-11-5-7-12(8-6-11)25-17(20)21/h2-8,17H,9-10H2,1H3,(H,22,24). The van der Waals surface area contributed by atoms with Gasteiger partial charge in [0, 0.05) is 27.7 Å². The molecule has 0 aliphatic heterocycles. The maximum Gasteiger partial charge on any atom is 0.288 e. The summed E-state index contributed by atoms with van der Waals surface area (Å²) in [7, 11) is 1.67. The largest absolute Gasteiger partial charge is 0.325 e. The van der Waals surface area contributed by atoms with Gasteiger partial charge in [0.25, 0.3) is 5.76 Å². The van der Waals surface area contributed by atoms with Crippen LogP contribution in [0.1, 0.15) is 5.56 Å². The van der Waals surface area contributed by atoms with E-state index in [9.17, 15) is 18.0 Å². The van der Waals surface area contributed by atoms with Crippen LogP contribution in [0.4, 0.5) is 18.9 Å². The van der Waals surface area contributed by atoms with Crippen molar-refractivity contribution in [3.05, 3.63) is 58.9 Å². The summed E-state index contributed by atoms with van der Waals surface area (Å²) in [6.45, 7) is 0.209. The molecule has 2 aromatic rings. The number of carbonyl (C=O) groups is 1. The fourth-order valence-corrected chi connectivity index (χ4v) is 2.90. The number of hydrogen-bond acceptors (Lipinski definition) is 3. The highest BCUT2D eigenvalue weighted by molar-refractivity contribution is 7.99. The maximum atomic E-state index is 13.8. The van der Waals surface area contributed by atoms with E-state index in [0.717, 1.165) is 0 Å². The quantitative estimate of drug-likeness (QED) is 0.687. The highest BCUT2D eigenvalue weighted by atomic mass is 35.5. The number of halogens is 4. The van der Waals surface area contributed by atoms with Crippen LogP contribution < -0.4 is 5.32 Å². The zero-order valence-corrected chi connectivity index (χ0v) is 14.9. The zero-order valence-electron chi connectivity index (χ0n) is 13.3. The molecule has 1 N–H and O–H groups in total. The van der Waals surface area contributed by atoms with Crippen LogP contribution >= 0.6 is 23.4 Å². The minimum atomic E-state index is -2.49. The molecule has 0 radical (unpaired) electrons. The number of nitrogens with one attached hydrogen (secondary N) is 1. The molecule has 0 aliphatic carbocycles. The molecule has 1 amide bonds. The van der Waals surface area contributed by atoms with Crippen LogP contribution in [0.5, 0.6) is 0 Å². The van der Waals surface area contributed by atoms with Gasteiger partial charge in [0.2, 0.25) is 5.91 Å². The first-order valence-electron chi connectivity index (χ1n) is 7.31. The third-order valence-corrected chi connectivity index (χ3v) is 4.34. The van der Waals surface area contributed by atoms with E-state index in [-0.39, 0.29) is 19.0 Å². The van der Waals surface area contributed by atoms with Crippen molar-refractivity contribution in [1.29, 1.82) is 0 Å². The van der Waals surface area contributed by atoms with Crippen molar-refractivity contribution in [3.8, 4) is 0 Å². The summed E-state index contributed by atoms with van der Waals surface area (Å²) in [4.78, 5) is 14.1. The number of likely N-dealkylation sites (N-methyl/N-ethyl adjacent to an activating group) is 1. The molecule has 0 saturated heterocycles. The fraction of sp³-hybridized carbons (Fsp3) is 0.235. The number of hydrogen-bond donors (Lipinski definition) is 1. The predicted octanol–water partition coefficient (Wildman–Crippen LogP) is 4.86. The Kier molecular flexibility index (Phi) is 7.16. The lowest BCUT2D eigenvalue weighted by Crippen LogP contribution is -2.30. The lowest BCUT2D eigenvalue weighted by Gasteiger charge is -2.17. The van der Waals surface area contributed by atoms with E-state index in [2.05, 4.69) is 5.32 Å². The smallest absolute Gasteiger partial charge is 0.288 e. The van der Waals surface area contributed by atoms with Crippen LogP contribution in [-0.2, 0) is 11.3 Å². The monoisotopic (exact) mass is 388 g/mol. The Morgan fingerprint density at radius 3 is 2.52 bits per heavy atom. The molecule has 3 nitrogen and oxygen atoms in total. The van der Waals surface area contributed by atoms with Crippen molar-refractivity contribution in [1.82, 2.24) is 4.90 Å². The molecule has 0 unspecified atom stereocenters. The van der Waals surface area contributed by atoms with Gasteiger partial charge in [-0.1, -0.05) is 29.4 Å². The second kappa shape index (κ2) is 9.12. The number of benzene rings is 2. The molecule has 0 atom stereocenters. The third kappa shape index (κ3) is 6.26. The fourth-order valence-electron chi connectivity index (χ4n) is 2.17. The molecule has 25 heavy (non-hydrogen) atoms. The SMILES string of the molecule is CN(CC(=O)Nc1ccc(SC(F)F)cc1)Cc1c(F)cccc1Cl. The summed E-state index contributed by atoms with van der Waals surface area (Å²) in [5, 5.41) is 2.97. The number of alkyl halides is 2. The van der Waals surface area contributed by atoms with Crippen LogP contribution in [0.15, 0.2) is 47.4 Å².